The molecule has 1 rings (SSSR count). The van der Waals surface area contributed by atoms with Crippen LogP contribution in [0.25, 0.3) is 0 Å². The first kappa shape index (κ1) is 13.0. The van der Waals surface area contributed by atoms with E-state index in [9.17, 15) is 9.59 Å². The number of hydrogen-bond acceptors (Lipinski definition) is 4. The molecule has 1 atom stereocenters. The van der Waals surface area contributed by atoms with Gasteiger partial charge in [0.1, 0.15) is 11.9 Å². The Morgan fingerprint density at radius 1 is 1.56 bits per heavy atom. The molecule has 0 aromatic rings. The topological polar surface area (TPSA) is 55.8 Å². The van der Waals surface area contributed by atoms with Crippen molar-refractivity contribution in [1.82, 2.24) is 4.90 Å². The summed E-state index contributed by atoms with van der Waals surface area (Å²) in [5.74, 6) is 0. The molecular weight excluding hydrogens is 210 g/mol. The van der Waals surface area contributed by atoms with E-state index in [0.29, 0.717) is 26.2 Å². The highest BCUT2D eigenvalue weighted by Crippen LogP contribution is 2.15. The van der Waals surface area contributed by atoms with Gasteiger partial charge in [0.25, 0.3) is 0 Å². The zero-order valence-corrected chi connectivity index (χ0v) is 10.1. The van der Waals surface area contributed by atoms with Crippen LogP contribution in [0.4, 0.5) is 4.79 Å². The second kappa shape index (κ2) is 5.30. The molecule has 16 heavy (non-hydrogen) atoms. The van der Waals surface area contributed by atoms with Crippen LogP contribution < -0.4 is 0 Å². The summed E-state index contributed by atoms with van der Waals surface area (Å²) >= 11 is 0. The molecule has 1 fully saturated rings. The fraction of sp³-hybridized carbons (Fsp3) is 0.818. The number of carbonyl (C=O) groups excluding carboxylic acids is 2. The fourth-order valence-electron chi connectivity index (χ4n) is 1.52. The van der Waals surface area contributed by atoms with Crippen LogP contribution in [-0.2, 0) is 14.3 Å². The minimum atomic E-state index is -0.513. The first-order valence-electron chi connectivity index (χ1n) is 5.45. The second-order valence-corrected chi connectivity index (χ2v) is 4.80. The van der Waals surface area contributed by atoms with Crippen LogP contribution in [0.3, 0.4) is 0 Å². The van der Waals surface area contributed by atoms with E-state index in [-0.39, 0.29) is 12.1 Å². The van der Waals surface area contributed by atoms with E-state index in [4.69, 9.17) is 9.47 Å². The lowest BCUT2D eigenvalue weighted by Gasteiger charge is -2.35. The van der Waals surface area contributed by atoms with Gasteiger partial charge >= 0.3 is 6.09 Å². The first-order valence-corrected chi connectivity index (χ1v) is 5.45. The molecule has 5 heteroatoms. The van der Waals surface area contributed by atoms with Crippen LogP contribution in [0, 0.1) is 0 Å². The maximum Gasteiger partial charge on any atom is 0.410 e. The zero-order chi connectivity index (χ0) is 12.2. The predicted molar refractivity (Wildman–Crippen MR) is 58.2 cm³/mol. The molecule has 5 nitrogen and oxygen atoms in total. The van der Waals surface area contributed by atoms with Crippen LogP contribution in [0.2, 0.25) is 0 Å². The zero-order valence-electron chi connectivity index (χ0n) is 10.1. The van der Waals surface area contributed by atoms with Crippen molar-refractivity contribution in [1.29, 1.82) is 0 Å². The van der Waals surface area contributed by atoms with Gasteiger partial charge in [0.05, 0.1) is 19.3 Å². The Labute approximate surface area is 95.7 Å². The maximum absolute atomic E-state index is 11.8. The molecule has 1 aliphatic rings. The highest BCUT2D eigenvalue weighted by Gasteiger charge is 2.30. The van der Waals surface area contributed by atoms with Crippen molar-refractivity contribution in [3.05, 3.63) is 0 Å². The van der Waals surface area contributed by atoms with Crippen LogP contribution >= 0.6 is 0 Å². The minimum Gasteiger partial charge on any atom is -0.444 e. The smallest absolute Gasteiger partial charge is 0.410 e. The molecule has 0 N–H and O–H groups in total. The van der Waals surface area contributed by atoms with Gasteiger partial charge in [-0.2, -0.15) is 0 Å². The predicted octanol–water partition coefficient (Wildman–Crippen LogP) is 1.21. The molecule has 92 valence electrons. The molecule has 1 aliphatic heterocycles. The summed E-state index contributed by atoms with van der Waals surface area (Å²) in [5, 5.41) is 0. The van der Waals surface area contributed by atoms with E-state index in [1.807, 2.05) is 20.8 Å². The standard InChI is InChI=1S/C11H19NO4/c1-11(2,3)16-10(14)12-5-7-15-8-9(12)4-6-13/h6,9H,4-5,7-8H2,1-3H3/t9-/m1/s1. The molecule has 0 saturated carbocycles. The molecule has 0 aromatic carbocycles. The van der Waals surface area contributed by atoms with Gasteiger partial charge in [-0.05, 0) is 20.8 Å². The Bertz CT molecular complexity index is 259. The van der Waals surface area contributed by atoms with Gasteiger partial charge in [-0.15, -0.1) is 0 Å². The van der Waals surface area contributed by atoms with Crippen molar-refractivity contribution in [2.24, 2.45) is 0 Å². The average Bonchev–Trinajstić information content (AvgIpc) is 2.16. The van der Waals surface area contributed by atoms with Crippen molar-refractivity contribution in [3.63, 3.8) is 0 Å². The van der Waals surface area contributed by atoms with Crippen molar-refractivity contribution >= 4 is 12.4 Å². The lowest BCUT2D eigenvalue weighted by atomic mass is 10.2. The Balaban J connectivity index is 2.60. The molecule has 0 unspecified atom stereocenters. The van der Waals surface area contributed by atoms with Crippen molar-refractivity contribution in [3.8, 4) is 0 Å². The van der Waals surface area contributed by atoms with Crippen LogP contribution in [0.15, 0.2) is 0 Å². The van der Waals surface area contributed by atoms with Gasteiger partial charge in [-0.1, -0.05) is 0 Å². The van der Waals surface area contributed by atoms with E-state index >= 15 is 0 Å². The average molecular weight is 229 g/mol. The molecule has 1 heterocycles. The third-order valence-electron chi connectivity index (χ3n) is 2.22. The van der Waals surface area contributed by atoms with E-state index in [2.05, 4.69) is 0 Å². The third kappa shape index (κ3) is 3.81. The van der Waals surface area contributed by atoms with E-state index in [1.54, 1.807) is 4.90 Å². The van der Waals surface area contributed by atoms with Gasteiger partial charge in [0.15, 0.2) is 0 Å². The monoisotopic (exact) mass is 229 g/mol. The molecular formula is C11H19NO4. The summed E-state index contributed by atoms with van der Waals surface area (Å²) in [7, 11) is 0. The lowest BCUT2D eigenvalue weighted by molar-refractivity contribution is -0.110. The number of ether oxygens (including phenoxy) is 2. The molecule has 0 aromatic heterocycles. The highest BCUT2D eigenvalue weighted by molar-refractivity contribution is 5.69. The van der Waals surface area contributed by atoms with Crippen molar-refractivity contribution < 1.29 is 19.1 Å². The molecule has 0 bridgehead atoms. The quantitative estimate of drug-likeness (QED) is 0.668. The van der Waals surface area contributed by atoms with Crippen LogP contribution in [-0.4, -0.2) is 48.7 Å². The highest BCUT2D eigenvalue weighted by atomic mass is 16.6. The molecule has 0 aliphatic carbocycles. The number of hydrogen-bond donors (Lipinski definition) is 0. The lowest BCUT2D eigenvalue weighted by Crippen LogP contribution is -2.50. The first-order chi connectivity index (χ1) is 7.44. The number of nitrogens with zero attached hydrogens (tertiary/aromatic N) is 1. The van der Waals surface area contributed by atoms with Crippen molar-refractivity contribution in [2.75, 3.05) is 19.8 Å². The summed E-state index contributed by atoms with van der Waals surface area (Å²) in [6.45, 7) is 6.83. The van der Waals surface area contributed by atoms with Gasteiger partial charge in [0.2, 0.25) is 0 Å². The third-order valence-corrected chi connectivity index (χ3v) is 2.22. The minimum absolute atomic E-state index is 0.193. The number of amides is 1. The van der Waals surface area contributed by atoms with Gasteiger partial charge < -0.3 is 19.2 Å². The molecule has 0 radical (unpaired) electrons. The maximum atomic E-state index is 11.8. The number of morpholine rings is 1. The SMILES string of the molecule is CC(C)(C)OC(=O)N1CCOC[C@H]1CC=O. The van der Waals surface area contributed by atoms with Crippen molar-refractivity contribution in [2.45, 2.75) is 38.8 Å². The van der Waals surface area contributed by atoms with E-state index in [0.717, 1.165) is 6.29 Å². The summed E-state index contributed by atoms with van der Waals surface area (Å²) in [5.41, 5.74) is -0.513. The summed E-state index contributed by atoms with van der Waals surface area (Å²) < 4.78 is 10.5. The molecule has 0 spiro atoms. The van der Waals surface area contributed by atoms with Crippen LogP contribution in [0.1, 0.15) is 27.2 Å². The normalized spacial score (nSPS) is 21.7. The molecule has 1 amide bonds. The number of rotatable bonds is 2. The Morgan fingerprint density at radius 2 is 2.25 bits per heavy atom. The molecule has 1 saturated heterocycles. The van der Waals surface area contributed by atoms with E-state index < -0.39 is 5.60 Å². The van der Waals surface area contributed by atoms with Gasteiger partial charge in [-0.25, -0.2) is 4.79 Å². The number of aldehydes is 1. The van der Waals surface area contributed by atoms with Gasteiger partial charge in [0, 0.05) is 13.0 Å². The fourth-order valence-corrected chi connectivity index (χ4v) is 1.52. The van der Waals surface area contributed by atoms with E-state index in [1.165, 1.54) is 0 Å². The Hall–Kier alpha value is -1.10. The Morgan fingerprint density at radius 3 is 2.81 bits per heavy atom. The second-order valence-electron chi connectivity index (χ2n) is 4.80. The largest absolute Gasteiger partial charge is 0.444 e. The summed E-state index contributed by atoms with van der Waals surface area (Å²) in [6.07, 6.45) is 0.721. The van der Waals surface area contributed by atoms with Crippen LogP contribution in [0.5, 0.6) is 0 Å². The Kier molecular flexibility index (Phi) is 4.29. The van der Waals surface area contributed by atoms with Gasteiger partial charge in [-0.3, -0.25) is 0 Å². The summed E-state index contributed by atoms with van der Waals surface area (Å²) in [4.78, 5) is 23.9. The summed E-state index contributed by atoms with van der Waals surface area (Å²) in [6, 6.07) is -0.193. The number of carbonyl (C=O) groups is 2.